The van der Waals surface area contributed by atoms with Crippen LogP contribution in [0.5, 0.6) is 0 Å². The van der Waals surface area contributed by atoms with Crippen molar-refractivity contribution in [1.29, 1.82) is 0 Å². The second-order valence-electron chi connectivity index (χ2n) is 7.94. The lowest BCUT2D eigenvalue weighted by Crippen LogP contribution is -2.53. The molecule has 1 amide bonds. The Morgan fingerprint density at radius 3 is 2.27 bits per heavy atom. The lowest BCUT2D eigenvalue weighted by molar-refractivity contribution is -0.122. The molecule has 0 radical (unpaired) electrons. The Morgan fingerprint density at radius 1 is 1.00 bits per heavy atom. The van der Waals surface area contributed by atoms with Crippen molar-refractivity contribution in [1.82, 2.24) is 9.80 Å². The standard InChI is InChI=1S/C22H26FN3O3S/c23-18-6-8-19(9-7-18)24-22(27)21(17-4-2-1-3-5-17)26-13-11-25(12-14-26)20-10-15-30(28,29)16-20/h1-9,20-21H,10-16H2,(H,24,27)/t20-,21-/m0/s1. The van der Waals surface area contributed by atoms with E-state index in [9.17, 15) is 17.6 Å². The molecule has 30 heavy (non-hydrogen) atoms. The first-order valence-electron chi connectivity index (χ1n) is 10.2. The van der Waals surface area contributed by atoms with Gasteiger partial charge in [-0.05, 0) is 36.2 Å². The summed E-state index contributed by atoms with van der Waals surface area (Å²) in [6.45, 7) is 2.81. The van der Waals surface area contributed by atoms with Crippen LogP contribution in [0.2, 0.25) is 0 Å². The van der Waals surface area contributed by atoms with Crippen LogP contribution < -0.4 is 5.32 Å². The molecule has 0 saturated carbocycles. The van der Waals surface area contributed by atoms with E-state index in [-0.39, 0.29) is 29.3 Å². The fraction of sp³-hybridized carbons (Fsp3) is 0.409. The van der Waals surface area contributed by atoms with E-state index in [1.807, 2.05) is 30.3 Å². The zero-order chi connectivity index (χ0) is 21.1. The Morgan fingerprint density at radius 2 is 1.67 bits per heavy atom. The number of carbonyl (C=O) groups excluding carboxylic acids is 1. The van der Waals surface area contributed by atoms with Crippen molar-refractivity contribution in [2.24, 2.45) is 0 Å². The quantitative estimate of drug-likeness (QED) is 0.787. The van der Waals surface area contributed by atoms with Crippen LogP contribution >= 0.6 is 0 Å². The van der Waals surface area contributed by atoms with Crippen molar-refractivity contribution in [2.75, 3.05) is 43.0 Å². The molecule has 2 aromatic rings. The highest BCUT2D eigenvalue weighted by molar-refractivity contribution is 7.91. The van der Waals surface area contributed by atoms with E-state index in [1.54, 1.807) is 12.1 Å². The predicted molar refractivity (Wildman–Crippen MR) is 114 cm³/mol. The highest BCUT2D eigenvalue weighted by Crippen LogP contribution is 2.26. The summed E-state index contributed by atoms with van der Waals surface area (Å²) >= 11 is 0. The van der Waals surface area contributed by atoms with Gasteiger partial charge in [-0.1, -0.05) is 30.3 Å². The smallest absolute Gasteiger partial charge is 0.246 e. The van der Waals surface area contributed by atoms with Crippen molar-refractivity contribution in [3.63, 3.8) is 0 Å². The summed E-state index contributed by atoms with van der Waals surface area (Å²) in [5.74, 6) is -0.00698. The molecule has 0 unspecified atom stereocenters. The molecular weight excluding hydrogens is 405 g/mol. The van der Waals surface area contributed by atoms with Gasteiger partial charge < -0.3 is 5.32 Å². The highest BCUT2D eigenvalue weighted by Gasteiger charge is 2.36. The predicted octanol–water partition coefficient (Wildman–Crippen LogP) is 2.31. The number of sulfone groups is 1. The van der Waals surface area contributed by atoms with Crippen LogP contribution in [-0.2, 0) is 14.6 Å². The average Bonchev–Trinajstić information content (AvgIpc) is 3.11. The van der Waals surface area contributed by atoms with Crippen molar-refractivity contribution in [2.45, 2.75) is 18.5 Å². The van der Waals surface area contributed by atoms with Crippen LogP contribution in [0.4, 0.5) is 10.1 Å². The second kappa shape index (κ2) is 8.83. The normalized spacial score (nSPS) is 23.2. The van der Waals surface area contributed by atoms with Crippen LogP contribution in [0.15, 0.2) is 54.6 Å². The van der Waals surface area contributed by atoms with Crippen LogP contribution in [0.3, 0.4) is 0 Å². The van der Waals surface area contributed by atoms with Crippen molar-refractivity contribution < 1.29 is 17.6 Å². The van der Waals surface area contributed by atoms with Gasteiger partial charge >= 0.3 is 0 Å². The molecule has 0 bridgehead atoms. The second-order valence-corrected chi connectivity index (χ2v) is 10.2. The topological polar surface area (TPSA) is 69.7 Å². The molecule has 2 atom stereocenters. The molecule has 2 fully saturated rings. The summed E-state index contributed by atoms with van der Waals surface area (Å²) in [5.41, 5.74) is 1.45. The summed E-state index contributed by atoms with van der Waals surface area (Å²) < 4.78 is 36.8. The molecule has 6 nitrogen and oxygen atoms in total. The highest BCUT2D eigenvalue weighted by atomic mass is 32.2. The summed E-state index contributed by atoms with van der Waals surface area (Å²) in [6, 6.07) is 15.0. The maximum Gasteiger partial charge on any atom is 0.246 e. The molecule has 8 heteroatoms. The number of anilines is 1. The molecule has 2 heterocycles. The van der Waals surface area contributed by atoms with Gasteiger partial charge in [-0.2, -0.15) is 0 Å². The third-order valence-electron chi connectivity index (χ3n) is 5.91. The third-order valence-corrected chi connectivity index (χ3v) is 7.66. The minimum atomic E-state index is -2.91. The van der Waals surface area contributed by atoms with Crippen molar-refractivity contribution >= 4 is 21.4 Å². The van der Waals surface area contributed by atoms with Crippen LogP contribution in [0.1, 0.15) is 18.0 Å². The molecule has 2 aliphatic heterocycles. The van der Waals surface area contributed by atoms with Gasteiger partial charge in [-0.15, -0.1) is 0 Å². The fourth-order valence-corrected chi connectivity index (χ4v) is 6.09. The maximum absolute atomic E-state index is 13.2. The van der Waals surface area contributed by atoms with Crippen LogP contribution in [-0.4, -0.2) is 67.9 Å². The largest absolute Gasteiger partial charge is 0.324 e. The first-order valence-corrected chi connectivity index (χ1v) is 12.0. The molecule has 0 aromatic heterocycles. The number of carbonyl (C=O) groups is 1. The van der Waals surface area contributed by atoms with Gasteiger partial charge in [0.25, 0.3) is 0 Å². The van der Waals surface area contributed by atoms with Gasteiger partial charge in [0.2, 0.25) is 5.91 Å². The summed E-state index contributed by atoms with van der Waals surface area (Å²) in [7, 11) is -2.91. The van der Waals surface area contributed by atoms with E-state index in [0.29, 0.717) is 25.2 Å². The van der Waals surface area contributed by atoms with Gasteiger partial charge in [0.15, 0.2) is 9.84 Å². The van der Waals surface area contributed by atoms with Gasteiger partial charge in [0.05, 0.1) is 11.5 Å². The van der Waals surface area contributed by atoms with E-state index in [4.69, 9.17) is 0 Å². The summed E-state index contributed by atoms with van der Waals surface area (Å²) in [5, 5.41) is 2.90. The minimum absolute atomic E-state index is 0.0837. The zero-order valence-corrected chi connectivity index (χ0v) is 17.5. The van der Waals surface area contributed by atoms with E-state index < -0.39 is 15.9 Å². The fourth-order valence-electron chi connectivity index (χ4n) is 4.33. The van der Waals surface area contributed by atoms with Crippen LogP contribution in [0, 0.1) is 5.82 Å². The number of piperazine rings is 1. The molecule has 2 saturated heterocycles. The maximum atomic E-state index is 13.2. The first-order chi connectivity index (χ1) is 14.4. The molecule has 1 N–H and O–H groups in total. The number of hydrogen-bond acceptors (Lipinski definition) is 5. The number of halogens is 1. The number of benzene rings is 2. The Labute approximate surface area is 176 Å². The number of hydrogen-bond donors (Lipinski definition) is 1. The summed E-state index contributed by atoms with van der Waals surface area (Å²) in [6.07, 6.45) is 0.690. The Hall–Kier alpha value is -2.29. The number of nitrogens with one attached hydrogen (secondary N) is 1. The first kappa shape index (κ1) is 21.0. The van der Waals surface area contributed by atoms with E-state index >= 15 is 0 Å². The molecule has 2 aliphatic rings. The van der Waals surface area contributed by atoms with Gasteiger partial charge in [-0.25, -0.2) is 12.8 Å². The van der Waals surface area contributed by atoms with E-state index in [1.165, 1.54) is 12.1 Å². The van der Waals surface area contributed by atoms with Crippen molar-refractivity contribution in [3.05, 3.63) is 66.0 Å². The number of rotatable bonds is 5. The molecular formula is C22H26FN3O3S. The van der Waals surface area contributed by atoms with E-state index in [2.05, 4.69) is 15.1 Å². The van der Waals surface area contributed by atoms with E-state index in [0.717, 1.165) is 18.7 Å². The average molecular weight is 432 g/mol. The Balaban J connectivity index is 1.47. The van der Waals surface area contributed by atoms with Gasteiger partial charge in [0.1, 0.15) is 11.9 Å². The third kappa shape index (κ3) is 4.88. The molecule has 0 aliphatic carbocycles. The molecule has 0 spiro atoms. The lowest BCUT2D eigenvalue weighted by atomic mass is 10.0. The summed E-state index contributed by atoms with van der Waals surface area (Å²) in [4.78, 5) is 17.6. The number of nitrogens with zero attached hydrogens (tertiary/aromatic N) is 2. The Bertz CT molecular complexity index is 974. The SMILES string of the molecule is O=C(Nc1ccc(F)cc1)[C@H](c1ccccc1)N1CCN([C@H]2CCS(=O)(=O)C2)CC1. The van der Waals surface area contributed by atoms with Crippen LogP contribution in [0.25, 0.3) is 0 Å². The van der Waals surface area contributed by atoms with Gasteiger partial charge in [-0.3, -0.25) is 14.6 Å². The molecule has 2 aromatic carbocycles. The monoisotopic (exact) mass is 431 g/mol. The van der Waals surface area contributed by atoms with Crippen molar-refractivity contribution in [3.8, 4) is 0 Å². The Kier molecular flexibility index (Phi) is 6.17. The minimum Gasteiger partial charge on any atom is -0.324 e. The molecule has 160 valence electrons. The van der Waals surface area contributed by atoms with Gasteiger partial charge in [0, 0.05) is 37.9 Å². The zero-order valence-electron chi connectivity index (χ0n) is 16.7. The lowest BCUT2D eigenvalue weighted by Gasteiger charge is -2.40. The number of amides is 1. The molecule has 4 rings (SSSR count).